The van der Waals surface area contributed by atoms with Crippen molar-refractivity contribution in [2.24, 2.45) is 29.5 Å². The fourth-order valence-electron chi connectivity index (χ4n) is 6.07. The molecular formula is C23H28N4O7. The quantitative estimate of drug-likeness (QED) is 0.175. The van der Waals surface area contributed by atoms with E-state index in [1.54, 1.807) is 44.6 Å². The van der Waals surface area contributed by atoms with Crippen LogP contribution in [0.1, 0.15) is 22.3 Å². The molecule has 2 fully saturated rings. The van der Waals surface area contributed by atoms with E-state index in [-0.39, 0.29) is 24.2 Å². The lowest BCUT2D eigenvalue weighted by molar-refractivity contribution is -0.181. The van der Waals surface area contributed by atoms with Gasteiger partial charge in [-0.2, -0.15) is 0 Å². The molecule has 0 aliphatic heterocycles. The molecule has 5 unspecified atom stereocenters. The Morgan fingerprint density at radius 3 is 2.32 bits per heavy atom. The number of phenolic OH excluding ortho intramolecular Hbond substituents is 1. The van der Waals surface area contributed by atoms with Crippen LogP contribution in [0, 0.1) is 23.7 Å². The third kappa shape index (κ3) is 3.04. The van der Waals surface area contributed by atoms with Gasteiger partial charge in [-0.25, -0.2) is 5.84 Å². The van der Waals surface area contributed by atoms with Gasteiger partial charge in [-0.15, -0.1) is 0 Å². The van der Waals surface area contributed by atoms with Gasteiger partial charge in [0.15, 0.2) is 34.7 Å². The molecule has 1 aromatic rings. The number of benzene rings is 1. The van der Waals surface area contributed by atoms with Crippen LogP contribution in [-0.4, -0.2) is 84.0 Å². The Balaban J connectivity index is 1.88. The number of carbonyl (C=O) groups excluding carboxylic acids is 5. The van der Waals surface area contributed by atoms with Gasteiger partial charge in [0.25, 0.3) is 5.91 Å². The normalized spacial score (nSPS) is 32.7. The number of nitrogens with two attached hydrogens (primary N) is 1. The van der Waals surface area contributed by atoms with Crippen LogP contribution in [0.2, 0.25) is 0 Å². The van der Waals surface area contributed by atoms with Crippen molar-refractivity contribution < 1.29 is 34.2 Å². The highest BCUT2D eigenvalue weighted by Gasteiger charge is 2.69. The number of aliphatic hydroxyl groups is 1. The molecule has 182 valence electrons. The summed E-state index contributed by atoms with van der Waals surface area (Å²) in [6.45, 7) is 0. The Bertz CT molecular complexity index is 1130. The minimum atomic E-state index is -2.72. The maximum atomic E-state index is 13.7. The highest BCUT2D eigenvalue weighted by atomic mass is 16.3. The van der Waals surface area contributed by atoms with Crippen LogP contribution in [0.4, 0.5) is 5.69 Å². The molecule has 11 heteroatoms. The number of anilines is 1. The van der Waals surface area contributed by atoms with E-state index in [9.17, 15) is 34.2 Å². The zero-order chi connectivity index (χ0) is 25.3. The number of Topliss-reactive ketones (excluding diaryl/α,β-unsaturated/α-hetero) is 4. The molecule has 0 radical (unpaired) electrons. The fourth-order valence-corrected chi connectivity index (χ4v) is 6.07. The number of fused-ring (bicyclic) bond motifs is 3. The van der Waals surface area contributed by atoms with Gasteiger partial charge in [-0.05, 0) is 50.6 Å². The lowest BCUT2D eigenvalue weighted by atomic mass is 9.52. The number of likely N-dealkylation sites (N-methyl/N-ethyl adjacent to an activating group) is 1. The van der Waals surface area contributed by atoms with Crippen molar-refractivity contribution in [2.75, 3.05) is 33.1 Å². The maximum Gasteiger partial charge on any atom is 0.252 e. The van der Waals surface area contributed by atoms with Crippen LogP contribution in [-0.2, 0) is 25.6 Å². The van der Waals surface area contributed by atoms with Crippen molar-refractivity contribution in [3.8, 4) is 5.75 Å². The molecule has 0 aromatic heterocycles. The van der Waals surface area contributed by atoms with Crippen molar-refractivity contribution >= 4 is 34.7 Å². The van der Waals surface area contributed by atoms with Crippen LogP contribution >= 0.6 is 0 Å². The minimum absolute atomic E-state index is 0.0115. The number of phenols is 1. The number of amides is 1. The number of rotatable bonds is 3. The third-order valence-electron chi connectivity index (χ3n) is 7.52. The molecule has 6 atom stereocenters. The Morgan fingerprint density at radius 1 is 1.12 bits per heavy atom. The summed E-state index contributed by atoms with van der Waals surface area (Å²) < 4.78 is 0. The van der Waals surface area contributed by atoms with Gasteiger partial charge in [0.2, 0.25) is 0 Å². The summed E-state index contributed by atoms with van der Waals surface area (Å²) in [6.07, 6.45) is 0.263. The van der Waals surface area contributed by atoms with Crippen molar-refractivity contribution in [3.63, 3.8) is 0 Å². The number of nitrogens with zero attached hydrogens (tertiary/aromatic N) is 2. The first-order valence-electron chi connectivity index (χ1n) is 11.0. The first kappa shape index (κ1) is 24.0. The molecule has 1 amide bonds. The highest BCUT2D eigenvalue weighted by Crippen LogP contribution is 2.51. The second-order valence-electron chi connectivity index (χ2n) is 9.75. The van der Waals surface area contributed by atoms with Gasteiger partial charge in [-0.1, -0.05) is 0 Å². The number of hydrogen-bond donors (Lipinski definition) is 4. The van der Waals surface area contributed by atoms with E-state index in [0.29, 0.717) is 11.3 Å². The zero-order valence-electron chi connectivity index (χ0n) is 19.4. The highest BCUT2D eigenvalue weighted by molar-refractivity contribution is 6.32. The molecule has 0 heterocycles. The van der Waals surface area contributed by atoms with E-state index in [2.05, 4.69) is 0 Å². The van der Waals surface area contributed by atoms with Gasteiger partial charge >= 0.3 is 0 Å². The number of hydrogen-bond acceptors (Lipinski definition) is 10. The van der Waals surface area contributed by atoms with E-state index in [4.69, 9.17) is 5.84 Å². The van der Waals surface area contributed by atoms with E-state index >= 15 is 0 Å². The molecule has 4 rings (SSSR count). The number of aromatic hydroxyl groups is 1. The molecular weight excluding hydrogens is 444 g/mol. The summed E-state index contributed by atoms with van der Waals surface area (Å²) in [6, 6.07) is 1.92. The van der Waals surface area contributed by atoms with Crippen LogP contribution in [0.25, 0.3) is 0 Å². The third-order valence-corrected chi connectivity index (χ3v) is 7.52. The minimum Gasteiger partial charge on any atom is -0.507 e. The molecule has 5 N–H and O–H groups in total. The Kier molecular flexibility index (Phi) is 5.62. The average Bonchev–Trinajstić information content (AvgIpc) is 2.75. The molecule has 3 aliphatic carbocycles. The smallest absolute Gasteiger partial charge is 0.252 e. The monoisotopic (exact) mass is 472 g/mol. The van der Waals surface area contributed by atoms with Crippen LogP contribution in [0.15, 0.2) is 12.1 Å². The van der Waals surface area contributed by atoms with Gasteiger partial charge in [0, 0.05) is 25.7 Å². The van der Waals surface area contributed by atoms with E-state index in [0.717, 1.165) is 0 Å². The summed E-state index contributed by atoms with van der Waals surface area (Å²) in [5.74, 6) is -5.11. The van der Waals surface area contributed by atoms with Crippen LogP contribution in [0.5, 0.6) is 5.75 Å². The first-order chi connectivity index (χ1) is 15.9. The second-order valence-corrected chi connectivity index (χ2v) is 9.75. The lowest BCUT2D eigenvalue weighted by Gasteiger charge is -2.52. The zero-order valence-corrected chi connectivity index (χ0v) is 19.4. The summed E-state index contributed by atoms with van der Waals surface area (Å²) in [5.41, 5.74) is 0.303. The molecule has 34 heavy (non-hydrogen) atoms. The van der Waals surface area contributed by atoms with Gasteiger partial charge in [0.1, 0.15) is 5.75 Å². The van der Waals surface area contributed by atoms with Crippen molar-refractivity contribution in [2.45, 2.75) is 24.5 Å². The Hall–Kier alpha value is -3.15. The van der Waals surface area contributed by atoms with Crippen molar-refractivity contribution in [1.82, 2.24) is 10.3 Å². The Labute approximate surface area is 195 Å². The molecule has 0 spiro atoms. The Morgan fingerprint density at radius 2 is 1.76 bits per heavy atom. The number of carbonyl (C=O) groups is 5. The van der Waals surface area contributed by atoms with Gasteiger partial charge < -0.3 is 15.1 Å². The van der Waals surface area contributed by atoms with Crippen molar-refractivity contribution in [3.05, 3.63) is 23.3 Å². The fraction of sp³-hybridized carbons (Fsp3) is 0.522. The van der Waals surface area contributed by atoms with E-state index < -0.39 is 64.4 Å². The standard InChI is InChI=1S/C23H28N4O7/c1-26(2)12-5-6-13(28)15-10(12)7-9-8-11-17(27(3)4)19(30)16(22(33)25-24)21(32)23(11,34)20(31)14(9)18(15)29/h5-6,9,11,14,16-17,28,34H,7-8,24H2,1-4H3,(H,25,33)/t9?,11?,14?,16?,17-,23?/m0/s1. The van der Waals surface area contributed by atoms with Gasteiger partial charge in [-0.3, -0.25) is 34.3 Å². The second kappa shape index (κ2) is 7.97. The molecule has 1 aromatic carbocycles. The topological polar surface area (TPSA) is 170 Å². The number of ketones is 4. The number of nitrogens with one attached hydrogen (secondary N) is 1. The number of hydrazine groups is 1. The predicted octanol–water partition coefficient (Wildman–Crippen LogP) is -1.56. The van der Waals surface area contributed by atoms with E-state index in [1.807, 2.05) is 0 Å². The molecule has 3 aliphatic rings. The average molecular weight is 472 g/mol. The first-order valence-corrected chi connectivity index (χ1v) is 11.0. The molecule has 11 nitrogen and oxygen atoms in total. The van der Waals surface area contributed by atoms with Gasteiger partial charge in [0.05, 0.1) is 17.5 Å². The summed E-state index contributed by atoms with van der Waals surface area (Å²) in [5, 5.41) is 22.0. The van der Waals surface area contributed by atoms with Crippen molar-refractivity contribution in [1.29, 1.82) is 0 Å². The summed E-state index contributed by atoms with van der Waals surface area (Å²) in [7, 11) is 6.68. The maximum absolute atomic E-state index is 13.7. The summed E-state index contributed by atoms with van der Waals surface area (Å²) in [4.78, 5) is 69.3. The summed E-state index contributed by atoms with van der Waals surface area (Å²) >= 11 is 0. The molecule has 0 saturated heterocycles. The molecule has 2 saturated carbocycles. The molecule has 0 bridgehead atoms. The lowest BCUT2D eigenvalue weighted by Crippen LogP contribution is -2.74. The predicted molar refractivity (Wildman–Crippen MR) is 119 cm³/mol. The van der Waals surface area contributed by atoms with Crippen LogP contribution < -0.4 is 16.2 Å². The SMILES string of the molecule is CN(C)c1ccc(O)c2c1CC1CC3[C@H](N(C)C)C(=O)C(C(=O)NN)C(=O)C3(O)C(=O)C1C2=O. The van der Waals surface area contributed by atoms with Crippen LogP contribution in [0.3, 0.4) is 0 Å². The largest absolute Gasteiger partial charge is 0.507 e. The van der Waals surface area contributed by atoms with E-state index in [1.165, 1.54) is 11.0 Å².